The second kappa shape index (κ2) is 11.4. The molecule has 0 aliphatic heterocycles. The molecule has 0 aromatic heterocycles. The van der Waals surface area contributed by atoms with Crippen LogP contribution in [-0.4, -0.2) is 32.9 Å². The molecular formula is C24H25ClN2O3S2. The number of hydrogen-bond donors (Lipinski definition) is 1. The van der Waals surface area contributed by atoms with Crippen LogP contribution in [0.15, 0.2) is 78.9 Å². The van der Waals surface area contributed by atoms with E-state index < -0.39 is 10.0 Å². The summed E-state index contributed by atoms with van der Waals surface area (Å²) in [6.07, 6.45) is 1.16. The average Bonchev–Trinajstić information content (AvgIpc) is 2.77. The van der Waals surface area contributed by atoms with E-state index in [-0.39, 0.29) is 12.5 Å². The Balaban J connectivity index is 1.53. The predicted molar refractivity (Wildman–Crippen MR) is 134 cm³/mol. The molecule has 3 aromatic rings. The standard InChI is InChI=1S/C24H25ClN2O3S2/c1-32(29,30)27(23-9-5-8-22(25)16-23)17-19-10-12-21(13-11-19)24(28)26-14-15-31-18-20-6-3-2-4-7-20/h2-13,16H,14-15,17-18H2,1H3,(H,26,28). The predicted octanol–water partition coefficient (Wildman–Crippen LogP) is 4.97. The van der Waals surface area contributed by atoms with Crippen molar-refractivity contribution in [3.05, 3.63) is 101 Å². The topological polar surface area (TPSA) is 66.5 Å². The summed E-state index contributed by atoms with van der Waals surface area (Å²) in [5.41, 5.74) is 3.07. The molecule has 0 atom stereocenters. The van der Waals surface area contributed by atoms with Gasteiger partial charge in [0.25, 0.3) is 5.91 Å². The van der Waals surface area contributed by atoms with Crippen molar-refractivity contribution in [2.24, 2.45) is 0 Å². The largest absolute Gasteiger partial charge is 0.351 e. The second-order valence-electron chi connectivity index (χ2n) is 7.24. The van der Waals surface area contributed by atoms with E-state index in [1.165, 1.54) is 9.87 Å². The molecule has 0 saturated carbocycles. The van der Waals surface area contributed by atoms with Crippen molar-refractivity contribution >= 4 is 45.0 Å². The lowest BCUT2D eigenvalue weighted by atomic mass is 10.1. The molecular weight excluding hydrogens is 464 g/mol. The van der Waals surface area contributed by atoms with Crippen molar-refractivity contribution in [1.29, 1.82) is 0 Å². The maximum Gasteiger partial charge on any atom is 0.251 e. The van der Waals surface area contributed by atoms with Crippen LogP contribution in [0.25, 0.3) is 0 Å². The normalized spacial score (nSPS) is 11.2. The number of hydrogen-bond acceptors (Lipinski definition) is 4. The second-order valence-corrected chi connectivity index (χ2v) is 10.7. The monoisotopic (exact) mass is 488 g/mol. The smallest absolute Gasteiger partial charge is 0.251 e. The number of rotatable bonds is 10. The third kappa shape index (κ3) is 7.29. The Kier molecular flexibility index (Phi) is 8.61. The van der Waals surface area contributed by atoms with Gasteiger partial charge in [-0.3, -0.25) is 9.10 Å². The number of nitrogens with one attached hydrogen (secondary N) is 1. The van der Waals surface area contributed by atoms with Crippen LogP contribution in [-0.2, 0) is 22.3 Å². The van der Waals surface area contributed by atoms with Crippen LogP contribution in [0, 0.1) is 0 Å². The highest BCUT2D eigenvalue weighted by atomic mass is 35.5. The van der Waals surface area contributed by atoms with Gasteiger partial charge in [0.1, 0.15) is 0 Å². The van der Waals surface area contributed by atoms with Gasteiger partial charge in [-0.2, -0.15) is 11.8 Å². The third-order valence-electron chi connectivity index (χ3n) is 4.68. The van der Waals surface area contributed by atoms with Gasteiger partial charge in [0.05, 0.1) is 18.5 Å². The van der Waals surface area contributed by atoms with Crippen molar-refractivity contribution < 1.29 is 13.2 Å². The first kappa shape index (κ1) is 24.2. The third-order valence-corrected chi connectivity index (χ3v) is 7.09. The average molecular weight is 489 g/mol. The Morgan fingerprint density at radius 2 is 1.69 bits per heavy atom. The zero-order chi connectivity index (χ0) is 23.0. The Labute approximate surface area is 198 Å². The lowest BCUT2D eigenvalue weighted by molar-refractivity contribution is 0.0956. The van der Waals surface area contributed by atoms with Gasteiger partial charge >= 0.3 is 0 Å². The van der Waals surface area contributed by atoms with E-state index in [0.717, 1.165) is 23.3 Å². The first-order valence-corrected chi connectivity index (χ1v) is 13.4. The summed E-state index contributed by atoms with van der Waals surface area (Å²) in [5.74, 6) is 1.59. The molecule has 0 bridgehead atoms. The fourth-order valence-electron chi connectivity index (χ4n) is 3.06. The van der Waals surface area contributed by atoms with E-state index in [9.17, 15) is 13.2 Å². The lowest BCUT2D eigenvalue weighted by Crippen LogP contribution is -2.29. The zero-order valence-corrected chi connectivity index (χ0v) is 20.1. The highest BCUT2D eigenvalue weighted by molar-refractivity contribution is 7.98. The number of benzene rings is 3. The Morgan fingerprint density at radius 1 is 0.969 bits per heavy atom. The minimum absolute atomic E-state index is 0.147. The molecule has 0 aliphatic rings. The van der Waals surface area contributed by atoms with Crippen molar-refractivity contribution in [2.45, 2.75) is 12.3 Å². The van der Waals surface area contributed by atoms with Gasteiger partial charge in [0.2, 0.25) is 10.0 Å². The van der Waals surface area contributed by atoms with Gasteiger partial charge < -0.3 is 5.32 Å². The van der Waals surface area contributed by atoms with Crippen molar-refractivity contribution in [2.75, 3.05) is 22.9 Å². The van der Waals surface area contributed by atoms with Crippen molar-refractivity contribution in [3.8, 4) is 0 Å². The number of carbonyl (C=O) groups is 1. The maximum atomic E-state index is 12.4. The molecule has 1 N–H and O–H groups in total. The van der Waals surface area contributed by atoms with E-state index in [0.29, 0.717) is 22.8 Å². The summed E-state index contributed by atoms with van der Waals surface area (Å²) in [7, 11) is -3.50. The lowest BCUT2D eigenvalue weighted by Gasteiger charge is -2.22. The fraction of sp³-hybridized carbons (Fsp3) is 0.208. The number of thioether (sulfide) groups is 1. The van der Waals surface area contributed by atoms with E-state index in [2.05, 4.69) is 17.4 Å². The molecule has 0 unspecified atom stereocenters. The SMILES string of the molecule is CS(=O)(=O)N(Cc1ccc(C(=O)NCCSCc2ccccc2)cc1)c1cccc(Cl)c1. The van der Waals surface area contributed by atoms with Crippen LogP contribution in [0.2, 0.25) is 5.02 Å². The van der Waals surface area contributed by atoms with Crippen LogP contribution in [0.1, 0.15) is 21.5 Å². The maximum absolute atomic E-state index is 12.4. The number of amides is 1. The summed E-state index contributed by atoms with van der Waals surface area (Å²) in [6.45, 7) is 0.728. The quantitative estimate of drug-likeness (QED) is 0.409. The Hall–Kier alpha value is -2.48. The molecule has 8 heteroatoms. The zero-order valence-electron chi connectivity index (χ0n) is 17.7. The van der Waals surface area contributed by atoms with Crippen LogP contribution in [0.4, 0.5) is 5.69 Å². The molecule has 0 saturated heterocycles. The molecule has 0 spiro atoms. The fourth-order valence-corrected chi connectivity index (χ4v) is 4.95. The molecule has 3 rings (SSSR count). The molecule has 0 radical (unpaired) electrons. The molecule has 3 aromatic carbocycles. The van der Waals surface area contributed by atoms with Crippen LogP contribution in [0.3, 0.4) is 0 Å². The summed E-state index contributed by atoms with van der Waals surface area (Å²) in [4.78, 5) is 12.4. The van der Waals surface area contributed by atoms with Gasteiger partial charge in [0.15, 0.2) is 0 Å². The molecule has 1 amide bonds. The molecule has 0 fully saturated rings. The summed E-state index contributed by atoms with van der Waals surface area (Å²) in [5, 5.41) is 3.38. The molecule has 5 nitrogen and oxygen atoms in total. The van der Waals surface area contributed by atoms with Crippen LogP contribution in [0.5, 0.6) is 0 Å². The van der Waals surface area contributed by atoms with Gasteiger partial charge in [-0.25, -0.2) is 8.42 Å². The highest BCUT2D eigenvalue weighted by Crippen LogP contribution is 2.24. The van der Waals surface area contributed by atoms with E-state index >= 15 is 0 Å². The Bertz CT molecular complexity index is 1140. The number of halogens is 1. The first-order chi connectivity index (χ1) is 15.3. The van der Waals surface area contributed by atoms with Crippen molar-refractivity contribution in [1.82, 2.24) is 5.32 Å². The van der Waals surface area contributed by atoms with E-state index in [1.807, 2.05) is 18.2 Å². The number of anilines is 1. The van der Waals surface area contributed by atoms with Crippen LogP contribution >= 0.6 is 23.4 Å². The van der Waals surface area contributed by atoms with Gasteiger partial charge in [0, 0.05) is 28.6 Å². The Morgan fingerprint density at radius 3 is 2.34 bits per heavy atom. The van der Waals surface area contributed by atoms with E-state index in [4.69, 9.17) is 11.6 Å². The minimum Gasteiger partial charge on any atom is -0.351 e. The van der Waals surface area contributed by atoms with Crippen molar-refractivity contribution in [3.63, 3.8) is 0 Å². The number of sulfonamides is 1. The number of carbonyl (C=O) groups excluding carboxylic acids is 1. The molecule has 0 aliphatic carbocycles. The summed E-state index contributed by atoms with van der Waals surface area (Å²) < 4.78 is 25.9. The molecule has 32 heavy (non-hydrogen) atoms. The first-order valence-electron chi connectivity index (χ1n) is 10.0. The highest BCUT2D eigenvalue weighted by Gasteiger charge is 2.18. The minimum atomic E-state index is -3.50. The van der Waals surface area contributed by atoms with Gasteiger partial charge in [-0.15, -0.1) is 0 Å². The molecule has 0 heterocycles. The van der Waals surface area contributed by atoms with Gasteiger partial charge in [-0.1, -0.05) is 60.1 Å². The summed E-state index contributed by atoms with van der Waals surface area (Å²) in [6, 6.07) is 23.9. The molecule has 168 valence electrons. The summed E-state index contributed by atoms with van der Waals surface area (Å²) >= 11 is 7.79. The van der Waals surface area contributed by atoms with E-state index in [1.54, 1.807) is 60.3 Å². The van der Waals surface area contributed by atoms with Gasteiger partial charge in [-0.05, 0) is 41.5 Å². The number of nitrogens with zero attached hydrogens (tertiary/aromatic N) is 1. The van der Waals surface area contributed by atoms with Crippen LogP contribution < -0.4 is 9.62 Å².